The molecule has 2 aromatic rings. The van der Waals surface area contributed by atoms with Gasteiger partial charge in [-0.25, -0.2) is 13.4 Å². The number of sulfonamides is 1. The van der Waals surface area contributed by atoms with Crippen molar-refractivity contribution >= 4 is 10.0 Å². The number of rotatable bonds is 8. The first-order valence-corrected chi connectivity index (χ1v) is 11.4. The molecule has 0 amide bonds. The van der Waals surface area contributed by atoms with Crippen LogP contribution in [0, 0.1) is 5.92 Å². The zero-order valence-electron chi connectivity index (χ0n) is 16.6. The number of aromatic nitrogens is 4. The molecule has 0 bridgehead atoms. The topological polar surface area (TPSA) is 113 Å². The van der Waals surface area contributed by atoms with Crippen molar-refractivity contribution in [1.29, 1.82) is 0 Å². The smallest absolute Gasteiger partial charge is 0.262 e. The quantitative estimate of drug-likeness (QED) is 0.575. The van der Waals surface area contributed by atoms with E-state index >= 15 is 0 Å². The van der Waals surface area contributed by atoms with Crippen LogP contribution in [-0.4, -0.2) is 71.9 Å². The van der Waals surface area contributed by atoms with Crippen LogP contribution in [0.1, 0.15) is 36.9 Å². The van der Waals surface area contributed by atoms with Gasteiger partial charge in [-0.05, 0) is 25.2 Å². The van der Waals surface area contributed by atoms with Crippen molar-refractivity contribution in [1.82, 2.24) is 24.0 Å². The van der Waals surface area contributed by atoms with Crippen LogP contribution in [0.25, 0.3) is 0 Å². The molecule has 1 unspecified atom stereocenters. The van der Waals surface area contributed by atoms with Crippen molar-refractivity contribution in [2.24, 2.45) is 13.0 Å². The Morgan fingerprint density at radius 1 is 1.28 bits per heavy atom. The fraction of sp³-hybridized carbons (Fsp3) is 0.722. The van der Waals surface area contributed by atoms with Gasteiger partial charge >= 0.3 is 0 Å². The monoisotopic (exact) mass is 425 g/mol. The van der Waals surface area contributed by atoms with Crippen molar-refractivity contribution in [3.8, 4) is 0 Å². The van der Waals surface area contributed by atoms with E-state index in [4.69, 9.17) is 14.0 Å². The third kappa shape index (κ3) is 4.85. The van der Waals surface area contributed by atoms with Crippen molar-refractivity contribution in [2.75, 3.05) is 39.5 Å². The average Bonchev–Trinajstić information content (AvgIpc) is 3.46. The molecule has 2 aliphatic heterocycles. The zero-order valence-corrected chi connectivity index (χ0v) is 17.4. The van der Waals surface area contributed by atoms with Gasteiger partial charge in [0, 0.05) is 52.6 Å². The Morgan fingerprint density at radius 2 is 2.10 bits per heavy atom. The van der Waals surface area contributed by atoms with E-state index in [1.165, 1.54) is 16.8 Å². The highest BCUT2D eigenvalue weighted by Gasteiger charge is 2.36. The van der Waals surface area contributed by atoms with Crippen molar-refractivity contribution in [2.45, 2.75) is 36.6 Å². The molecule has 4 rings (SSSR count). The van der Waals surface area contributed by atoms with Crippen LogP contribution in [0.5, 0.6) is 0 Å². The van der Waals surface area contributed by atoms with Gasteiger partial charge in [0.25, 0.3) is 10.0 Å². The minimum absolute atomic E-state index is 0.0635. The number of nitrogens with zero attached hydrogens (tertiary/aromatic N) is 5. The number of imidazole rings is 1. The summed E-state index contributed by atoms with van der Waals surface area (Å²) >= 11 is 0. The number of aryl methyl sites for hydroxylation is 1. The summed E-state index contributed by atoms with van der Waals surface area (Å²) < 4.78 is 44.9. The van der Waals surface area contributed by atoms with E-state index < -0.39 is 10.0 Å². The Kier molecular flexibility index (Phi) is 6.28. The molecular weight excluding hydrogens is 398 g/mol. The van der Waals surface area contributed by atoms with Gasteiger partial charge in [-0.15, -0.1) is 0 Å². The van der Waals surface area contributed by atoms with Crippen LogP contribution in [0.2, 0.25) is 0 Å². The van der Waals surface area contributed by atoms with E-state index in [2.05, 4.69) is 15.1 Å². The van der Waals surface area contributed by atoms with Gasteiger partial charge in [-0.3, -0.25) is 0 Å². The Morgan fingerprint density at radius 3 is 2.86 bits per heavy atom. The standard InChI is InChI=1S/C18H27N5O5S/c1-22-11-17(19-13-22)29(24,25)23-6-2-15(10-23)18-20-16(21-28-18)5-9-27-12-14-3-7-26-8-4-14/h11,13-15H,2-10,12H2,1H3. The first kappa shape index (κ1) is 20.5. The second-order valence-corrected chi connectivity index (χ2v) is 9.54. The lowest BCUT2D eigenvalue weighted by molar-refractivity contribution is 0.0211. The molecule has 10 nitrogen and oxygen atoms in total. The lowest BCUT2D eigenvalue weighted by Crippen LogP contribution is -2.29. The van der Waals surface area contributed by atoms with Crippen LogP contribution in [0.3, 0.4) is 0 Å². The maximum Gasteiger partial charge on any atom is 0.262 e. The average molecular weight is 426 g/mol. The van der Waals surface area contributed by atoms with E-state index in [1.54, 1.807) is 11.6 Å². The molecule has 4 heterocycles. The normalized spacial score (nSPS) is 21.8. The Balaban J connectivity index is 1.26. The fourth-order valence-corrected chi connectivity index (χ4v) is 5.13. The van der Waals surface area contributed by atoms with Crippen molar-refractivity contribution in [3.63, 3.8) is 0 Å². The Hall–Kier alpha value is -1.82. The molecule has 0 aromatic carbocycles. The van der Waals surface area contributed by atoms with Gasteiger partial charge in [-0.1, -0.05) is 5.16 Å². The second kappa shape index (κ2) is 8.90. The van der Waals surface area contributed by atoms with Gasteiger partial charge in [0.05, 0.1) is 18.9 Å². The van der Waals surface area contributed by atoms with E-state index in [-0.39, 0.29) is 10.9 Å². The first-order valence-electron chi connectivity index (χ1n) is 9.98. The number of ether oxygens (including phenoxy) is 2. The largest absolute Gasteiger partial charge is 0.381 e. The number of hydrogen-bond acceptors (Lipinski definition) is 8. The fourth-order valence-electron chi connectivity index (χ4n) is 3.66. The van der Waals surface area contributed by atoms with Gasteiger partial charge in [0.2, 0.25) is 5.89 Å². The van der Waals surface area contributed by atoms with Gasteiger partial charge < -0.3 is 18.6 Å². The Bertz CT molecular complexity index is 905. The maximum atomic E-state index is 12.7. The minimum atomic E-state index is -3.60. The molecule has 160 valence electrons. The molecule has 2 fully saturated rings. The SMILES string of the molecule is Cn1cnc(S(=O)(=O)N2CCC(c3nc(CCOCC4CCOCC4)no3)C2)c1. The molecule has 0 spiro atoms. The summed E-state index contributed by atoms with van der Waals surface area (Å²) in [5.41, 5.74) is 0. The molecule has 0 aliphatic carbocycles. The highest BCUT2D eigenvalue weighted by Crippen LogP contribution is 2.29. The molecule has 0 saturated carbocycles. The number of hydrogen-bond donors (Lipinski definition) is 0. The van der Waals surface area contributed by atoms with E-state index in [9.17, 15) is 8.42 Å². The lowest BCUT2D eigenvalue weighted by atomic mass is 10.0. The molecule has 1 atom stereocenters. The third-order valence-corrected chi connectivity index (χ3v) is 7.18. The highest BCUT2D eigenvalue weighted by atomic mass is 32.2. The molecule has 2 aliphatic rings. The lowest BCUT2D eigenvalue weighted by Gasteiger charge is -2.21. The van der Waals surface area contributed by atoms with Crippen LogP contribution in [0.15, 0.2) is 22.1 Å². The van der Waals surface area contributed by atoms with Crippen LogP contribution < -0.4 is 0 Å². The minimum Gasteiger partial charge on any atom is -0.381 e. The van der Waals surface area contributed by atoms with Gasteiger partial charge in [-0.2, -0.15) is 9.29 Å². The summed E-state index contributed by atoms with van der Waals surface area (Å²) in [5, 5.41) is 4.09. The molecule has 11 heteroatoms. The van der Waals surface area contributed by atoms with Crippen molar-refractivity contribution < 1.29 is 22.4 Å². The van der Waals surface area contributed by atoms with E-state index in [0.717, 1.165) is 32.7 Å². The van der Waals surface area contributed by atoms with Crippen LogP contribution in [-0.2, 0) is 33.0 Å². The Labute approximate surface area is 170 Å². The molecule has 0 N–H and O–H groups in total. The van der Waals surface area contributed by atoms with E-state index in [1.807, 2.05) is 0 Å². The van der Waals surface area contributed by atoms with E-state index in [0.29, 0.717) is 50.2 Å². The first-order chi connectivity index (χ1) is 14.0. The predicted molar refractivity (Wildman–Crippen MR) is 102 cm³/mol. The zero-order chi connectivity index (χ0) is 20.3. The summed E-state index contributed by atoms with van der Waals surface area (Å²) in [7, 11) is -1.86. The summed E-state index contributed by atoms with van der Waals surface area (Å²) in [4.78, 5) is 8.42. The molecule has 0 radical (unpaired) electrons. The molecule has 2 saturated heterocycles. The molecule has 2 aromatic heterocycles. The molecule has 29 heavy (non-hydrogen) atoms. The predicted octanol–water partition coefficient (Wildman–Crippen LogP) is 0.967. The summed E-state index contributed by atoms with van der Waals surface area (Å²) in [6.45, 7) is 3.64. The third-order valence-electron chi connectivity index (χ3n) is 5.43. The van der Waals surface area contributed by atoms with Gasteiger partial charge in [0.1, 0.15) is 0 Å². The van der Waals surface area contributed by atoms with Crippen LogP contribution in [0.4, 0.5) is 0 Å². The van der Waals surface area contributed by atoms with Crippen molar-refractivity contribution in [3.05, 3.63) is 24.2 Å². The summed E-state index contributed by atoms with van der Waals surface area (Å²) in [6, 6.07) is 0. The highest BCUT2D eigenvalue weighted by molar-refractivity contribution is 7.89. The molecular formula is C18H27N5O5S. The summed E-state index contributed by atoms with van der Waals surface area (Å²) in [5.74, 6) is 1.55. The maximum absolute atomic E-state index is 12.7. The van der Waals surface area contributed by atoms with Crippen LogP contribution >= 0.6 is 0 Å². The van der Waals surface area contributed by atoms with Gasteiger partial charge in [0.15, 0.2) is 10.9 Å². The summed E-state index contributed by atoms with van der Waals surface area (Å²) in [6.07, 6.45) is 6.31. The second-order valence-electron chi connectivity index (χ2n) is 7.66.